The van der Waals surface area contributed by atoms with E-state index in [0.717, 1.165) is 16.9 Å². The van der Waals surface area contributed by atoms with Crippen molar-refractivity contribution in [2.45, 2.75) is 31.6 Å². The van der Waals surface area contributed by atoms with Crippen molar-refractivity contribution in [3.8, 4) is 0 Å². The molecular formula is C15H19Cl2N. The number of benzene rings is 1. The van der Waals surface area contributed by atoms with Crippen LogP contribution in [0.25, 0.3) is 0 Å². The minimum Gasteiger partial charge on any atom is -0.371 e. The number of anilines is 1. The Morgan fingerprint density at radius 2 is 1.67 bits per heavy atom. The first kappa shape index (κ1) is 12.6. The lowest BCUT2D eigenvalue weighted by Gasteiger charge is -2.27. The fourth-order valence-corrected chi connectivity index (χ4v) is 2.87. The Balaban J connectivity index is 1.81. The third-order valence-corrected chi connectivity index (χ3v) is 4.40. The molecular weight excluding hydrogens is 265 g/mol. The fraction of sp³-hybridized carbons (Fsp3) is 0.600. The van der Waals surface area contributed by atoms with Gasteiger partial charge < -0.3 is 4.90 Å². The van der Waals surface area contributed by atoms with E-state index in [1.165, 1.54) is 50.0 Å². The lowest BCUT2D eigenvalue weighted by Crippen LogP contribution is -2.28. The first-order chi connectivity index (χ1) is 8.76. The summed E-state index contributed by atoms with van der Waals surface area (Å²) in [5, 5.41) is 0.784. The molecule has 1 nitrogen and oxygen atoms in total. The van der Waals surface area contributed by atoms with Crippen LogP contribution in [0.1, 0.15) is 31.2 Å². The summed E-state index contributed by atoms with van der Waals surface area (Å²) in [6.07, 6.45) is 5.58. The Morgan fingerprint density at radius 1 is 1.06 bits per heavy atom. The SMILES string of the molecule is ClCc1cc(Cl)ccc1N(CC1CC1)CC1CC1. The van der Waals surface area contributed by atoms with Crippen LogP contribution in [0.2, 0.25) is 5.02 Å². The highest BCUT2D eigenvalue weighted by molar-refractivity contribution is 6.30. The summed E-state index contributed by atoms with van der Waals surface area (Å²) < 4.78 is 0. The predicted molar refractivity (Wildman–Crippen MR) is 78.7 cm³/mol. The summed E-state index contributed by atoms with van der Waals surface area (Å²) >= 11 is 12.1. The van der Waals surface area contributed by atoms with Gasteiger partial charge in [0.1, 0.15) is 0 Å². The summed E-state index contributed by atoms with van der Waals surface area (Å²) in [6.45, 7) is 2.39. The normalized spacial score (nSPS) is 19.0. The van der Waals surface area contributed by atoms with E-state index in [1.807, 2.05) is 12.1 Å². The van der Waals surface area contributed by atoms with Gasteiger partial charge in [-0.05, 0) is 61.3 Å². The van der Waals surface area contributed by atoms with Crippen molar-refractivity contribution < 1.29 is 0 Å². The molecule has 3 heteroatoms. The van der Waals surface area contributed by atoms with E-state index in [9.17, 15) is 0 Å². The fourth-order valence-electron chi connectivity index (χ4n) is 2.47. The van der Waals surface area contributed by atoms with Crippen LogP contribution in [-0.4, -0.2) is 13.1 Å². The maximum Gasteiger partial charge on any atom is 0.0495 e. The molecule has 1 aromatic carbocycles. The van der Waals surface area contributed by atoms with E-state index >= 15 is 0 Å². The van der Waals surface area contributed by atoms with Crippen molar-refractivity contribution in [1.82, 2.24) is 0 Å². The molecule has 0 heterocycles. The summed E-state index contributed by atoms with van der Waals surface area (Å²) in [5.74, 6) is 2.35. The number of halogens is 2. The Hall–Kier alpha value is -0.400. The van der Waals surface area contributed by atoms with Gasteiger partial charge in [0.05, 0.1) is 0 Å². The second-order valence-electron chi connectivity index (χ2n) is 5.70. The van der Waals surface area contributed by atoms with Gasteiger partial charge >= 0.3 is 0 Å². The minimum absolute atomic E-state index is 0.543. The van der Waals surface area contributed by atoms with Crippen molar-refractivity contribution in [2.24, 2.45) is 11.8 Å². The van der Waals surface area contributed by atoms with Crippen molar-refractivity contribution in [3.63, 3.8) is 0 Å². The van der Waals surface area contributed by atoms with Crippen LogP contribution in [0.5, 0.6) is 0 Å². The Kier molecular flexibility index (Phi) is 3.72. The average molecular weight is 284 g/mol. The van der Waals surface area contributed by atoms with Crippen molar-refractivity contribution in [3.05, 3.63) is 28.8 Å². The lowest BCUT2D eigenvalue weighted by molar-refractivity contribution is 0.677. The molecule has 0 N–H and O–H groups in total. The number of hydrogen-bond donors (Lipinski definition) is 0. The molecule has 98 valence electrons. The molecule has 2 fully saturated rings. The number of nitrogens with zero attached hydrogens (tertiary/aromatic N) is 1. The van der Waals surface area contributed by atoms with Crippen LogP contribution in [-0.2, 0) is 5.88 Å². The first-order valence-corrected chi connectivity index (χ1v) is 7.77. The van der Waals surface area contributed by atoms with Gasteiger partial charge in [-0.3, -0.25) is 0 Å². The molecule has 0 unspecified atom stereocenters. The van der Waals surface area contributed by atoms with E-state index in [4.69, 9.17) is 23.2 Å². The topological polar surface area (TPSA) is 3.24 Å². The van der Waals surface area contributed by atoms with Crippen molar-refractivity contribution in [2.75, 3.05) is 18.0 Å². The molecule has 3 rings (SSSR count). The summed E-state index contributed by atoms with van der Waals surface area (Å²) in [5.41, 5.74) is 2.47. The maximum absolute atomic E-state index is 6.07. The molecule has 1 aromatic rings. The molecule has 2 saturated carbocycles. The van der Waals surface area contributed by atoms with E-state index < -0.39 is 0 Å². The molecule has 0 saturated heterocycles. The highest BCUT2D eigenvalue weighted by Gasteiger charge is 2.30. The van der Waals surface area contributed by atoms with Gasteiger partial charge in [0, 0.05) is 29.7 Å². The molecule has 0 atom stereocenters. The smallest absolute Gasteiger partial charge is 0.0495 e. The zero-order chi connectivity index (χ0) is 12.5. The molecule has 0 bridgehead atoms. The zero-order valence-electron chi connectivity index (χ0n) is 10.5. The van der Waals surface area contributed by atoms with Crippen LogP contribution in [0.3, 0.4) is 0 Å². The van der Waals surface area contributed by atoms with E-state index in [1.54, 1.807) is 0 Å². The standard InChI is InChI=1S/C15H19Cl2N/c16-8-13-7-14(17)5-6-15(13)18(9-11-1-2-11)10-12-3-4-12/h5-7,11-12H,1-4,8-10H2. The lowest BCUT2D eigenvalue weighted by atomic mass is 10.1. The third kappa shape index (κ3) is 3.13. The number of hydrogen-bond acceptors (Lipinski definition) is 1. The molecule has 18 heavy (non-hydrogen) atoms. The predicted octanol–water partition coefficient (Wildman–Crippen LogP) is 4.71. The molecule has 0 aromatic heterocycles. The van der Waals surface area contributed by atoms with Crippen LogP contribution in [0.4, 0.5) is 5.69 Å². The van der Waals surface area contributed by atoms with Gasteiger partial charge in [-0.25, -0.2) is 0 Å². The average Bonchev–Trinajstić information content (AvgIpc) is 3.23. The second-order valence-corrected chi connectivity index (χ2v) is 6.40. The number of alkyl halides is 1. The molecule has 2 aliphatic carbocycles. The van der Waals surface area contributed by atoms with Crippen LogP contribution < -0.4 is 4.90 Å². The van der Waals surface area contributed by atoms with E-state index in [-0.39, 0.29) is 0 Å². The quantitative estimate of drug-likeness (QED) is 0.684. The highest BCUT2D eigenvalue weighted by Crippen LogP contribution is 2.37. The van der Waals surface area contributed by atoms with Gasteiger partial charge in [-0.2, -0.15) is 0 Å². The zero-order valence-corrected chi connectivity index (χ0v) is 12.1. The largest absolute Gasteiger partial charge is 0.371 e. The number of rotatable bonds is 6. The monoisotopic (exact) mass is 283 g/mol. The molecule has 2 aliphatic rings. The Labute approximate surface area is 119 Å². The first-order valence-electron chi connectivity index (χ1n) is 6.85. The molecule has 0 amide bonds. The van der Waals surface area contributed by atoms with Gasteiger partial charge in [0.2, 0.25) is 0 Å². The second kappa shape index (κ2) is 5.30. The van der Waals surface area contributed by atoms with Crippen molar-refractivity contribution in [1.29, 1.82) is 0 Å². The van der Waals surface area contributed by atoms with Crippen LogP contribution >= 0.6 is 23.2 Å². The Bertz CT molecular complexity index is 411. The summed E-state index contributed by atoms with van der Waals surface area (Å²) in [4.78, 5) is 2.55. The Morgan fingerprint density at radius 3 is 2.17 bits per heavy atom. The van der Waals surface area contributed by atoms with E-state index in [0.29, 0.717) is 5.88 Å². The van der Waals surface area contributed by atoms with Gasteiger partial charge in [-0.15, -0.1) is 11.6 Å². The highest BCUT2D eigenvalue weighted by atomic mass is 35.5. The van der Waals surface area contributed by atoms with Gasteiger partial charge in [-0.1, -0.05) is 11.6 Å². The van der Waals surface area contributed by atoms with Crippen LogP contribution in [0, 0.1) is 11.8 Å². The molecule has 0 radical (unpaired) electrons. The van der Waals surface area contributed by atoms with Gasteiger partial charge in [0.15, 0.2) is 0 Å². The molecule has 0 spiro atoms. The minimum atomic E-state index is 0.543. The molecule has 0 aliphatic heterocycles. The van der Waals surface area contributed by atoms with Crippen LogP contribution in [0.15, 0.2) is 18.2 Å². The maximum atomic E-state index is 6.07. The van der Waals surface area contributed by atoms with Crippen molar-refractivity contribution >= 4 is 28.9 Å². The summed E-state index contributed by atoms with van der Waals surface area (Å²) in [6, 6.07) is 6.14. The van der Waals surface area contributed by atoms with Gasteiger partial charge in [0.25, 0.3) is 0 Å². The van der Waals surface area contributed by atoms with E-state index in [2.05, 4.69) is 11.0 Å². The third-order valence-electron chi connectivity index (χ3n) is 3.88. The summed E-state index contributed by atoms with van der Waals surface area (Å²) in [7, 11) is 0.